The number of aliphatic imine (C=N–C) groups is 1. The Hall–Kier alpha value is -1.29. The van der Waals surface area contributed by atoms with Crippen molar-refractivity contribution in [3.05, 3.63) is 23.7 Å². The minimum absolute atomic E-state index is 0. The molecule has 1 rings (SSSR count). The molecule has 0 bridgehead atoms. The van der Waals surface area contributed by atoms with Crippen molar-refractivity contribution in [2.45, 2.75) is 13.3 Å². The van der Waals surface area contributed by atoms with Gasteiger partial charge in [0, 0.05) is 32.3 Å². The molecule has 1 heterocycles. The third-order valence-corrected chi connectivity index (χ3v) is 2.58. The molecule has 0 saturated carbocycles. The highest BCUT2D eigenvalue weighted by molar-refractivity contribution is 14.0. The van der Waals surface area contributed by atoms with Gasteiger partial charge in [0.2, 0.25) is 0 Å². The fraction of sp³-hybridized carbons (Fsp3) is 0.538. The number of methoxy groups -OCH3 is 1. The highest BCUT2D eigenvalue weighted by Crippen LogP contribution is 2.07. The lowest BCUT2D eigenvalue weighted by Gasteiger charge is -2.05. The molecule has 0 spiro atoms. The predicted molar refractivity (Wildman–Crippen MR) is 92.2 cm³/mol. The zero-order valence-electron chi connectivity index (χ0n) is 12.3. The van der Waals surface area contributed by atoms with Crippen LogP contribution in [0.1, 0.15) is 22.5 Å². The number of hydrogen-bond acceptors (Lipinski definition) is 4. The van der Waals surface area contributed by atoms with Gasteiger partial charge in [-0.15, -0.1) is 24.0 Å². The predicted octanol–water partition coefficient (Wildman–Crippen LogP) is 0.877. The quantitative estimate of drug-likeness (QED) is 0.256. The molecule has 0 fully saturated rings. The second-order valence-electron chi connectivity index (χ2n) is 4.23. The molecule has 8 heteroatoms. The van der Waals surface area contributed by atoms with Crippen LogP contribution in [0.15, 0.2) is 21.7 Å². The van der Waals surface area contributed by atoms with Gasteiger partial charge in [-0.1, -0.05) is 0 Å². The summed E-state index contributed by atoms with van der Waals surface area (Å²) in [5.41, 5.74) is 6.46. The Kier molecular flexibility index (Phi) is 10.7. The minimum atomic E-state index is -0.206. The van der Waals surface area contributed by atoms with Crippen LogP contribution in [0.3, 0.4) is 0 Å². The Bertz CT molecular complexity index is 448. The summed E-state index contributed by atoms with van der Waals surface area (Å²) < 4.78 is 9.97. The van der Waals surface area contributed by atoms with Gasteiger partial charge >= 0.3 is 0 Å². The van der Waals surface area contributed by atoms with Crippen LogP contribution in [0.4, 0.5) is 0 Å². The van der Waals surface area contributed by atoms with Crippen LogP contribution >= 0.6 is 24.0 Å². The zero-order chi connectivity index (χ0) is 14.8. The van der Waals surface area contributed by atoms with E-state index in [0.717, 1.165) is 5.56 Å². The average Bonchev–Trinajstić information content (AvgIpc) is 2.85. The third kappa shape index (κ3) is 7.90. The summed E-state index contributed by atoms with van der Waals surface area (Å²) in [6.07, 6.45) is 2.21. The fourth-order valence-corrected chi connectivity index (χ4v) is 1.50. The number of guanidine groups is 1. The Balaban J connectivity index is 0.00000400. The van der Waals surface area contributed by atoms with E-state index >= 15 is 0 Å². The Morgan fingerprint density at radius 3 is 2.81 bits per heavy atom. The van der Waals surface area contributed by atoms with Crippen LogP contribution in [0.2, 0.25) is 0 Å². The summed E-state index contributed by atoms with van der Waals surface area (Å²) >= 11 is 0. The van der Waals surface area contributed by atoms with Crippen LogP contribution in [0.5, 0.6) is 0 Å². The summed E-state index contributed by atoms with van der Waals surface area (Å²) in [4.78, 5) is 15.8. The Labute approximate surface area is 141 Å². The van der Waals surface area contributed by atoms with Gasteiger partial charge in [-0.25, -0.2) is 0 Å². The number of ether oxygens (including phenoxy) is 1. The van der Waals surface area contributed by atoms with Crippen LogP contribution in [-0.4, -0.2) is 45.2 Å². The SMILES string of the molecule is COCCNC(N)=NCCCNC(=O)c1occc1C.I. The lowest BCUT2D eigenvalue weighted by atomic mass is 10.2. The number of nitrogens with one attached hydrogen (secondary N) is 2. The first-order valence-corrected chi connectivity index (χ1v) is 6.50. The summed E-state index contributed by atoms with van der Waals surface area (Å²) in [5, 5.41) is 5.68. The monoisotopic (exact) mass is 410 g/mol. The molecule has 1 aromatic rings. The first kappa shape index (κ1) is 19.7. The van der Waals surface area contributed by atoms with Crippen LogP contribution in [0.25, 0.3) is 0 Å². The van der Waals surface area contributed by atoms with Crippen LogP contribution in [0, 0.1) is 6.92 Å². The number of nitrogens with two attached hydrogens (primary N) is 1. The highest BCUT2D eigenvalue weighted by Gasteiger charge is 2.10. The van der Waals surface area contributed by atoms with Crippen molar-refractivity contribution in [1.82, 2.24) is 10.6 Å². The molecular formula is C13H23IN4O3. The molecular weight excluding hydrogens is 387 g/mol. The highest BCUT2D eigenvalue weighted by atomic mass is 127. The molecule has 0 aliphatic heterocycles. The lowest BCUT2D eigenvalue weighted by molar-refractivity contribution is 0.0925. The molecule has 7 nitrogen and oxygen atoms in total. The standard InChI is InChI=1S/C13H22N4O3.HI/c1-10-4-8-20-11(10)12(18)15-5-3-6-16-13(14)17-7-9-19-2;/h4,8H,3,5-7,9H2,1-2H3,(H,15,18)(H3,14,16,17);1H. The van der Waals surface area contributed by atoms with Crippen molar-refractivity contribution >= 4 is 35.8 Å². The summed E-state index contributed by atoms with van der Waals surface area (Å²) in [5.74, 6) is 0.534. The lowest BCUT2D eigenvalue weighted by Crippen LogP contribution is -2.34. The maximum atomic E-state index is 11.7. The number of furan rings is 1. The zero-order valence-corrected chi connectivity index (χ0v) is 14.7. The van der Waals surface area contributed by atoms with E-state index in [1.54, 1.807) is 13.2 Å². The molecule has 0 atom stereocenters. The molecule has 1 aromatic heterocycles. The maximum absolute atomic E-state index is 11.7. The molecule has 0 aliphatic rings. The summed E-state index contributed by atoms with van der Waals surface area (Å²) in [6, 6.07) is 1.76. The van der Waals surface area contributed by atoms with Crippen LogP contribution in [-0.2, 0) is 4.74 Å². The van der Waals surface area contributed by atoms with Crippen molar-refractivity contribution in [2.75, 3.05) is 33.4 Å². The number of carbonyl (C=O) groups is 1. The number of carbonyl (C=O) groups excluding carboxylic acids is 1. The normalized spacial score (nSPS) is 10.9. The van der Waals surface area contributed by atoms with Crippen molar-refractivity contribution in [3.63, 3.8) is 0 Å². The van der Waals surface area contributed by atoms with Gasteiger partial charge in [-0.05, 0) is 19.4 Å². The van der Waals surface area contributed by atoms with E-state index in [1.165, 1.54) is 6.26 Å². The van der Waals surface area contributed by atoms with Gasteiger partial charge in [0.15, 0.2) is 11.7 Å². The first-order valence-electron chi connectivity index (χ1n) is 6.50. The molecule has 0 saturated heterocycles. The van der Waals surface area contributed by atoms with Gasteiger partial charge in [-0.2, -0.15) is 0 Å². The molecule has 1 amide bonds. The number of halogens is 1. The second kappa shape index (κ2) is 11.4. The first-order chi connectivity index (χ1) is 9.65. The Morgan fingerprint density at radius 2 is 2.19 bits per heavy atom. The maximum Gasteiger partial charge on any atom is 0.287 e. The average molecular weight is 410 g/mol. The van der Waals surface area contributed by atoms with Crippen molar-refractivity contribution in [1.29, 1.82) is 0 Å². The van der Waals surface area contributed by atoms with E-state index in [-0.39, 0.29) is 29.9 Å². The van der Waals surface area contributed by atoms with Gasteiger partial charge in [0.05, 0.1) is 12.9 Å². The third-order valence-electron chi connectivity index (χ3n) is 2.58. The van der Waals surface area contributed by atoms with E-state index in [1.807, 2.05) is 6.92 Å². The van der Waals surface area contributed by atoms with Crippen LogP contribution < -0.4 is 16.4 Å². The number of hydrogen-bond donors (Lipinski definition) is 3. The van der Waals surface area contributed by atoms with E-state index in [4.69, 9.17) is 14.9 Å². The minimum Gasteiger partial charge on any atom is -0.459 e. The van der Waals surface area contributed by atoms with E-state index in [9.17, 15) is 4.79 Å². The largest absolute Gasteiger partial charge is 0.459 e. The molecule has 120 valence electrons. The van der Waals surface area contributed by atoms with E-state index < -0.39 is 0 Å². The smallest absolute Gasteiger partial charge is 0.287 e. The topological polar surface area (TPSA) is 102 Å². The van der Waals surface area contributed by atoms with Crippen molar-refractivity contribution < 1.29 is 13.9 Å². The van der Waals surface area contributed by atoms with E-state index in [0.29, 0.717) is 44.4 Å². The molecule has 4 N–H and O–H groups in total. The summed E-state index contributed by atoms with van der Waals surface area (Å²) in [6.45, 7) is 4.10. The van der Waals surface area contributed by atoms with Gasteiger partial charge in [0.1, 0.15) is 0 Å². The van der Waals surface area contributed by atoms with Gasteiger partial charge in [-0.3, -0.25) is 9.79 Å². The molecule has 21 heavy (non-hydrogen) atoms. The van der Waals surface area contributed by atoms with Gasteiger partial charge in [0.25, 0.3) is 5.91 Å². The molecule has 0 aromatic carbocycles. The Morgan fingerprint density at radius 1 is 1.43 bits per heavy atom. The number of aryl methyl sites for hydroxylation is 1. The van der Waals surface area contributed by atoms with Crippen molar-refractivity contribution in [3.8, 4) is 0 Å². The summed E-state index contributed by atoms with van der Waals surface area (Å²) in [7, 11) is 1.62. The van der Waals surface area contributed by atoms with Gasteiger partial charge < -0.3 is 25.5 Å². The molecule has 0 unspecified atom stereocenters. The number of nitrogens with zero attached hydrogens (tertiary/aromatic N) is 1. The number of amides is 1. The molecule has 0 radical (unpaired) electrons. The molecule has 0 aliphatic carbocycles. The fourth-order valence-electron chi connectivity index (χ4n) is 1.50. The number of rotatable bonds is 8. The van der Waals surface area contributed by atoms with Crippen molar-refractivity contribution in [2.24, 2.45) is 10.7 Å². The van der Waals surface area contributed by atoms with E-state index in [2.05, 4.69) is 15.6 Å². The second-order valence-corrected chi connectivity index (χ2v) is 4.23.